The van der Waals surface area contributed by atoms with E-state index >= 15 is 0 Å². The fourth-order valence-corrected chi connectivity index (χ4v) is 3.04. The third kappa shape index (κ3) is 4.31. The van der Waals surface area contributed by atoms with Crippen LogP contribution in [0.2, 0.25) is 5.02 Å². The zero-order chi connectivity index (χ0) is 17.8. The number of nitrogens with zero attached hydrogens (tertiary/aromatic N) is 1. The molecular formula is C19H19ClN2O3. The highest BCUT2D eigenvalue weighted by atomic mass is 35.5. The molecule has 130 valence electrons. The van der Waals surface area contributed by atoms with Gasteiger partial charge in [-0.3, -0.25) is 9.59 Å². The minimum absolute atomic E-state index is 0.00731. The summed E-state index contributed by atoms with van der Waals surface area (Å²) in [7, 11) is 1.63. The summed E-state index contributed by atoms with van der Waals surface area (Å²) in [5.41, 5.74) is 1.62. The monoisotopic (exact) mass is 358 g/mol. The Morgan fingerprint density at radius 3 is 2.76 bits per heavy atom. The number of benzene rings is 2. The Kier molecular flexibility index (Phi) is 5.24. The summed E-state index contributed by atoms with van der Waals surface area (Å²) in [5.74, 6) is 0.0921. The van der Waals surface area contributed by atoms with Crippen molar-refractivity contribution >= 4 is 29.1 Å². The smallest absolute Gasteiger partial charge is 0.243 e. The van der Waals surface area contributed by atoms with Crippen LogP contribution < -0.4 is 10.1 Å². The van der Waals surface area contributed by atoms with Crippen molar-refractivity contribution in [3.05, 3.63) is 59.1 Å². The van der Waals surface area contributed by atoms with Gasteiger partial charge in [0, 0.05) is 17.8 Å². The molecular weight excluding hydrogens is 340 g/mol. The Balaban J connectivity index is 1.58. The fraction of sp³-hybridized carbons (Fsp3) is 0.263. The topological polar surface area (TPSA) is 58.6 Å². The second-order valence-electron chi connectivity index (χ2n) is 6.07. The lowest BCUT2D eigenvalue weighted by atomic mass is 9.95. The number of hydrogen-bond donors (Lipinski definition) is 1. The molecule has 25 heavy (non-hydrogen) atoms. The van der Waals surface area contributed by atoms with Crippen LogP contribution >= 0.6 is 11.6 Å². The zero-order valence-electron chi connectivity index (χ0n) is 13.9. The number of fused-ring (bicyclic) bond motifs is 1. The molecule has 1 unspecified atom stereocenters. The number of carbonyl (C=O) groups is 2. The number of halogens is 1. The van der Waals surface area contributed by atoms with E-state index in [2.05, 4.69) is 5.32 Å². The second kappa shape index (κ2) is 7.57. The van der Waals surface area contributed by atoms with E-state index in [1.54, 1.807) is 25.2 Å². The molecule has 3 rings (SSSR count). The Bertz CT molecular complexity index is 779. The van der Waals surface area contributed by atoms with Crippen LogP contribution in [0.15, 0.2) is 48.5 Å². The van der Waals surface area contributed by atoms with Gasteiger partial charge in [0.1, 0.15) is 12.4 Å². The molecule has 1 N–H and O–H groups in total. The van der Waals surface area contributed by atoms with Gasteiger partial charge < -0.3 is 15.0 Å². The van der Waals surface area contributed by atoms with E-state index in [1.807, 2.05) is 30.3 Å². The van der Waals surface area contributed by atoms with Gasteiger partial charge in [-0.25, -0.2) is 0 Å². The SMILES string of the molecule is CN(CC(=O)Nc1ccccc1)C(=O)C1COc2ccc(Cl)cc2C1. The number of carbonyl (C=O) groups excluding carboxylic acids is 2. The van der Waals surface area contributed by atoms with Gasteiger partial charge >= 0.3 is 0 Å². The summed E-state index contributed by atoms with van der Waals surface area (Å²) in [6, 6.07) is 14.6. The van der Waals surface area contributed by atoms with Crippen molar-refractivity contribution in [1.82, 2.24) is 4.90 Å². The number of rotatable bonds is 4. The number of amides is 2. The van der Waals surface area contributed by atoms with E-state index in [9.17, 15) is 9.59 Å². The average Bonchev–Trinajstić information content (AvgIpc) is 2.61. The van der Waals surface area contributed by atoms with Crippen molar-refractivity contribution < 1.29 is 14.3 Å². The normalized spacial score (nSPS) is 15.7. The van der Waals surface area contributed by atoms with Gasteiger partial charge in [0.05, 0.1) is 12.5 Å². The van der Waals surface area contributed by atoms with Crippen molar-refractivity contribution in [3.8, 4) is 5.75 Å². The van der Waals surface area contributed by atoms with E-state index in [1.165, 1.54) is 4.90 Å². The first-order valence-corrected chi connectivity index (χ1v) is 8.42. The van der Waals surface area contributed by atoms with Crippen LogP contribution in [-0.4, -0.2) is 36.9 Å². The van der Waals surface area contributed by atoms with Crippen molar-refractivity contribution in [2.24, 2.45) is 5.92 Å². The van der Waals surface area contributed by atoms with Crippen molar-refractivity contribution in [2.45, 2.75) is 6.42 Å². The first-order chi connectivity index (χ1) is 12.0. The second-order valence-corrected chi connectivity index (χ2v) is 6.51. The number of anilines is 1. The predicted octanol–water partition coefficient (Wildman–Crippen LogP) is 2.99. The summed E-state index contributed by atoms with van der Waals surface area (Å²) < 4.78 is 5.66. The standard InChI is InChI=1S/C19H19ClN2O3/c1-22(11-18(23)21-16-5-3-2-4-6-16)19(24)14-9-13-10-15(20)7-8-17(13)25-12-14/h2-8,10,14H,9,11-12H2,1H3,(H,21,23). The van der Waals surface area contributed by atoms with Gasteiger partial charge in [0.25, 0.3) is 0 Å². The molecule has 0 saturated heterocycles. The van der Waals surface area contributed by atoms with Gasteiger partial charge in [-0.2, -0.15) is 0 Å². The minimum Gasteiger partial charge on any atom is -0.492 e. The lowest BCUT2D eigenvalue weighted by molar-refractivity contribution is -0.138. The number of hydrogen-bond acceptors (Lipinski definition) is 3. The number of para-hydroxylation sites is 1. The average molecular weight is 359 g/mol. The molecule has 2 aromatic rings. The van der Waals surface area contributed by atoms with E-state index in [-0.39, 0.29) is 24.3 Å². The summed E-state index contributed by atoms with van der Waals surface area (Å²) in [5, 5.41) is 3.39. The summed E-state index contributed by atoms with van der Waals surface area (Å²) >= 11 is 6.01. The molecule has 0 bridgehead atoms. The maximum absolute atomic E-state index is 12.6. The zero-order valence-corrected chi connectivity index (χ0v) is 14.6. The first-order valence-electron chi connectivity index (χ1n) is 8.04. The van der Waals surface area contributed by atoms with E-state index < -0.39 is 0 Å². The maximum atomic E-state index is 12.6. The minimum atomic E-state index is -0.319. The summed E-state index contributed by atoms with van der Waals surface area (Å²) in [4.78, 5) is 26.1. The Morgan fingerprint density at radius 2 is 2.00 bits per heavy atom. The van der Waals surface area contributed by atoms with E-state index in [0.29, 0.717) is 23.7 Å². The molecule has 1 aliphatic heterocycles. The summed E-state index contributed by atoms with van der Waals surface area (Å²) in [6.45, 7) is 0.296. The van der Waals surface area contributed by atoms with E-state index in [0.717, 1.165) is 11.3 Å². The van der Waals surface area contributed by atoms with Gasteiger partial charge in [0.2, 0.25) is 11.8 Å². The lowest BCUT2D eigenvalue weighted by Crippen LogP contribution is -2.42. The third-order valence-corrected chi connectivity index (χ3v) is 4.33. The van der Waals surface area contributed by atoms with Crippen LogP contribution in [-0.2, 0) is 16.0 Å². The first kappa shape index (κ1) is 17.3. The third-order valence-electron chi connectivity index (χ3n) is 4.09. The lowest BCUT2D eigenvalue weighted by Gasteiger charge is -2.28. The van der Waals surface area contributed by atoms with Gasteiger partial charge in [0.15, 0.2) is 0 Å². The molecule has 5 nitrogen and oxygen atoms in total. The number of likely N-dealkylation sites (N-methyl/N-ethyl adjacent to an activating group) is 1. The van der Waals surface area contributed by atoms with Gasteiger partial charge in [-0.15, -0.1) is 0 Å². The Morgan fingerprint density at radius 1 is 1.24 bits per heavy atom. The van der Waals surface area contributed by atoms with Crippen LogP contribution in [0.4, 0.5) is 5.69 Å². The van der Waals surface area contributed by atoms with Crippen molar-refractivity contribution in [1.29, 1.82) is 0 Å². The fourth-order valence-electron chi connectivity index (χ4n) is 2.85. The molecule has 0 aliphatic carbocycles. The number of nitrogens with one attached hydrogen (secondary N) is 1. The Hall–Kier alpha value is -2.53. The van der Waals surface area contributed by atoms with Crippen LogP contribution in [0.5, 0.6) is 5.75 Å². The molecule has 0 spiro atoms. The van der Waals surface area contributed by atoms with Crippen LogP contribution in [0.25, 0.3) is 0 Å². The van der Waals surface area contributed by atoms with Crippen LogP contribution in [0.3, 0.4) is 0 Å². The molecule has 1 aliphatic rings. The van der Waals surface area contributed by atoms with Crippen LogP contribution in [0, 0.1) is 5.92 Å². The van der Waals surface area contributed by atoms with Crippen molar-refractivity contribution in [3.63, 3.8) is 0 Å². The molecule has 6 heteroatoms. The molecule has 2 aromatic carbocycles. The molecule has 0 saturated carbocycles. The predicted molar refractivity (Wildman–Crippen MR) is 96.8 cm³/mol. The molecule has 0 aromatic heterocycles. The highest BCUT2D eigenvalue weighted by molar-refractivity contribution is 6.30. The van der Waals surface area contributed by atoms with Gasteiger partial charge in [-0.05, 0) is 42.3 Å². The Labute approximate surface area is 151 Å². The van der Waals surface area contributed by atoms with Crippen molar-refractivity contribution in [2.75, 3.05) is 25.5 Å². The van der Waals surface area contributed by atoms with Gasteiger partial charge in [-0.1, -0.05) is 29.8 Å². The quantitative estimate of drug-likeness (QED) is 0.914. The maximum Gasteiger partial charge on any atom is 0.243 e. The van der Waals surface area contributed by atoms with Crippen LogP contribution in [0.1, 0.15) is 5.56 Å². The molecule has 2 amide bonds. The molecule has 1 heterocycles. The molecule has 1 atom stereocenters. The summed E-state index contributed by atoms with van der Waals surface area (Å²) in [6.07, 6.45) is 0.555. The number of ether oxygens (including phenoxy) is 1. The van der Waals surface area contributed by atoms with E-state index in [4.69, 9.17) is 16.3 Å². The molecule has 0 fully saturated rings. The highest BCUT2D eigenvalue weighted by Gasteiger charge is 2.29. The molecule has 0 radical (unpaired) electrons. The highest BCUT2D eigenvalue weighted by Crippen LogP contribution is 2.30. The largest absolute Gasteiger partial charge is 0.492 e.